The van der Waals surface area contributed by atoms with Crippen LogP contribution in [-0.4, -0.2) is 29.4 Å². The highest BCUT2D eigenvalue weighted by molar-refractivity contribution is 9.10. The van der Waals surface area contributed by atoms with Gasteiger partial charge >= 0.3 is 0 Å². The van der Waals surface area contributed by atoms with Crippen LogP contribution < -0.4 is 0 Å². The minimum absolute atomic E-state index is 0.244. The lowest BCUT2D eigenvalue weighted by atomic mass is 9.50. The zero-order valence-electron chi connectivity index (χ0n) is 15.2. The van der Waals surface area contributed by atoms with E-state index in [-0.39, 0.29) is 12.0 Å². The maximum Gasteiger partial charge on any atom is 0.0994 e. The summed E-state index contributed by atoms with van der Waals surface area (Å²) in [6, 6.07) is 8.59. The van der Waals surface area contributed by atoms with Crippen molar-refractivity contribution in [1.29, 1.82) is 0 Å². The molecule has 7 rings (SSSR count). The lowest BCUT2D eigenvalue weighted by Gasteiger charge is -2.62. The fraction of sp³-hybridized carbons (Fsp3) is 0.591. The molecule has 0 spiro atoms. The molecule has 2 heterocycles. The summed E-state index contributed by atoms with van der Waals surface area (Å²) >= 11 is 8.14. The van der Waals surface area contributed by atoms with E-state index in [1.54, 1.807) is 0 Å². The topological polar surface area (TPSA) is 38.0 Å². The number of para-hydroxylation sites is 1. The largest absolute Gasteiger partial charge is 0.393 e. The maximum absolute atomic E-state index is 11.4. The summed E-state index contributed by atoms with van der Waals surface area (Å²) in [5.74, 6) is 1.95. The number of benzene rings is 1. The van der Waals surface area contributed by atoms with Gasteiger partial charge in [0, 0.05) is 20.8 Å². The monoisotopic (exact) mass is 490 g/mol. The molecule has 4 saturated carbocycles. The SMILES string of the molecule is OC(CC1c2ccccc2-n2cncc21)C1C2CC3(Br)CC1CC(Br)(C2)C3. The van der Waals surface area contributed by atoms with Gasteiger partial charge in [-0.05, 0) is 67.9 Å². The third kappa shape index (κ3) is 2.50. The molecule has 4 aliphatic carbocycles. The van der Waals surface area contributed by atoms with Crippen molar-refractivity contribution in [3.05, 3.63) is 48.0 Å². The summed E-state index contributed by atoms with van der Waals surface area (Å²) in [4.78, 5) is 4.37. The molecule has 3 nitrogen and oxygen atoms in total. The molecule has 1 aromatic heterocycles. The zero-order chi connectivity index (χ0) is 18.4. The number of halogens is 2. The molecule has 142 valence electrons. The van der Waals surface area contributed by atoms with Gasteiger partial charge in [-0.15, -0.1) is 0 Å². The molecule has 0 amide bonds. The minimum Gasteiger partial charge on any atom is -0.393 e. The van der Waals surface area contributed by atoms with Gasteiger partial charge < -0.3 is 9.67 Å². The summed E-state index contributed by atoms with van der Waals surface area (Å²) in [5.41, 5.74) is 3.80. The summed E-state index contributed by atoms with van der Waals surface area (Å²) < 4.78 is 2.80. The van der Waals surface area contributed by atoms with Crippen molar-refractivity contribution in [1.82, 2.24) is 9.55 Å². The molecule has 0 saturated heterocycles. The van der Waals surface area contributed by atoms with Crippen LogP contribution in [0.5, 0.6) is 0 Å². The van der Waals surface area contributed by atoms with E-state index in [4.69, 9.17) is 0 Å². The van der Waals surface area contributed by atoms with Crippen LogP contribution in [0.3, 0.4) is 0 Å². The van der Waals surface area contributed by atoms with E-state index in [2.05, 4.69) is 65.7 Å². The molecule has 2 unspecified atom stereocenters. The van der Waals surface area contributed by atoms with Crippen LogP contribution in [0.4, 0.5) is 0 Å². The molecule has 1 aliphatic heterocycles. The van der Waals surface area contributed by atoms with E-state index in [1.807, 2.05) is 12.5 Å². The molecule has 1 N–H and O–H groups in total. The lowest BCUT2D eigenvalue weighted by Crippen LogP contribution is -2.59. The van der Waals surface area contributed by atoms with Crippen molar-refractivity contribution in [3.63, 3.8) is 0 Å². The molecule has 5 heteroatoms. The van der Waals surface area contributed by atoms with Crippen molar-refractivity contribution in [2.45, 2.75) is 59.2 Å². The highest BCUT2D eigenvalue weighted by atomic mass is 79.9. The van der Waals surface area contributed by atoms with Crippen LogP contribution in [0.15, 0.2) is 36.8 Å². The average Bonchev–Trinajstić information content (AvgIpc) is 3.15. The molecule has 2 atom stereocenters. The van der Waals surface area contributed by atoms with E-state index >= 15 is 0 Å². The Morgan fingerprint density at radius 2 is 1.78 bits per heavy atom. The van der Waals surface area contributed by atoms with Crippen molar-refractivity contribution < 1.29 is 5.11 Å². The Kier molecular flexibility index (Phi) is 3.64. The quantitative estimate of drug-likeness (QED) is 0.601. The Morgan fingerprint density at radius 3 is 2.48 bits per heavy atom. The number of fused-ring (bicyclic) bond motifs is 3. The standard InChI is InChI=1S/C22H24Br2N2O/c23-21-6-13-7-22(24,11-21)9-14(8-21)20(13)19(27)5-16-15-3-1-2-4-17(15)26-12-25-10-18(16)26/h1-4,10,12-14,16,19-20,27H,5-9,11H2. The number of hydrogen-bond donors (Lipinski definition) is 1. The van der Waals surface area contributed by atoms with Crippen LogP contribution in [-0.2, 0) is 0 Å². The number of rotatable bonds is 3. The molecule has 2 aromatic rings. The first kappa shape index (κ1) is 17.2. The van der Waals surface area contributed by atoms with Gasteiger partial charge in [0.2, 0.25) is 0 Å². The second-order valence-corrected chi connectivity index (χ2v) is 12.9. The molecule has 4 fully saturated rings. The van der Waals surface area contributed by atoms with Crippen molar-refractivity contribution >= 4 is 31.9 Å². The Labute approximate surface area is 176 Å². The average molecular weight is 492 g/mol. The van der Waals surface area contributed by atoms with Gasteiger partial charge in [0.1, 0.15) is 0 Å². The van der Waals surface area contributed by atoms with Crippen molar-refractivity contribution in [2.24, 2.45) is 17.8 Å². The van der Waals surface area contributed by atoms with Crippen LogP contribution in [0.1, 0.15) is 55.7 Å². The Balaban J connectivity index is 1.30. The first-order chi connectivity index (χ1) is 12.9. The molecule has 0 radical (unpaired) electrons. The van der Waals surface area contributed by atoms with Crippen LogP contribution in [0.2, 0.25) is 0 Å². The molecule has 1 aromatic carbocycles. The summed E-state index contributed by atoms with van der Waals surface area (Å²) in [6.45, 7) is 0. The Hall–Kier alpha value is -0.650. The molecular formula is C22H24Br2N2O. The fourth-order valence-electron chi connectivity index (χ4n) is 7.18. The Morgan fingerprint density at radius 1 is 1.11 bits per heavy atom. The third-order valence-corrected chi connectivity index (χ3v) is 9.61. The van der Waals surface area contributed by atoms with Crippen molar-refractivity contribution in [2.75, 3.05) is 0 Å². The number of hydrogen-bond acceptors (Lipinski definition) is 2. The van der Waals surface area contributed by atoms with Gasteiger partial charge in [-0.2, -0.15) is 0 Å². The number of nitrogens with zero attached hydrogens (tertiary/aromatic N) is 2. The van der Waals surface area contributed by atoms with E-state index in [0.717, 1.165) is 6.42 Å². The zero-order valence-corrected chi connectivity index (χ0v) is 18.4. The van der Waals surface area contributed by atoms with Gasteiger partial charge in [-0.25, -0.2) is 4.98 Å². The van der Waals surface area contributed by atoms with E-state index in [0.29, 0.717) is 26.4 Å². The van der Waals surface area contributed by atoms with Gasteiger partial charge in [-0.1, -0.05) is 50.1 Å². The highest BCUT2D eigenvalue weighted by Gasteiger charge is 2.60. The summed E-state index contributed by atoms with van der Waals surface area (Å²) in [5, 5.41) is 11.4. The summed E-state index contributed by atoms with van der Waals surface area (Å²) in [7, 11) is 0. The number of aliphatic hydroxyl groups is 1. The van der Waals surface area contributed by atoms with Gasteiger partial charge in [0.15, 0.2) is 0 Å². The fourth-order valence-corrected chi connectivity index (χ4v) is 10.3. The molecule has 27 heavy (non-hydrogen) atoms. The summed E-state index contributed by atoms with van der Waals surface area (Å²) in [6.07, 6.45) is 10.6. The first-order valence-corrected chi connectivity index (χ1v) is 11.7. The molecular weight excluding hydrogens is 468 g/mol. The van der Waals surface area contributed by atoms with Crippen LogP contribution >= 0.6 is 31.9 Å². The van der Waals surface area contributed by atoms with Crippen LogP contribution in [0, 0.1) is 17.8 Å². The highest BCUT2D eigenvalue weighted by Crippen LogP contribution is 2.66. The number of aromatic nitrogens is 2. The predicted octanol–water partition coefficient (Wildman–Crippen LogP) is 5.18. The smallest absolute Gasteiger partial charge is 0.0994 e. The van der Waals surface area contributed by atoms with Gasteiger partial charge in [-0.3, -0.25) is 0 Å². The molecule has 4 bridgehead atoms. The number of alkyl halides is 2. The second kappa shape index (κ2) is 5.70. The second-order valence-electron chi connectivity index (χ2n) is 9.50. The van der Waals surface area contributed by atoms with E-state index < -0.39 is 0 Å². The predicted molar refractivity (Wildman–Crippen MR) is 113 cm³/mol. The first-order valence-electron chi connectivity index (χ1n) is 10.1. The number of aliphatic hydroxyl groups excluding tert-OH is 1. The maximum atomic E-state index is 11.4. The van der Waals surface area contributed by atoms with Crippen molar-refractivity contribution in [3.8, 4) is 5.69 Å². The minimum atomic E-state index is -0.244. The van der Waals surface area contributed by atoms with Crippen LogP contribution in [0.25, 0.3) is 5.69 Å². The third-order valence-electron chi connectivity index (χ3n) is 7.75. The van der Waals surface area contributed by atoms with E-state index in [1.165, 1.54) is 49.0 Å². The van der Waals surface area contributed by atoms with E-state index in [9.17, 15) is 5.11 Å². The van der Waals surface area contributed by atoms with Gasteiger partial charge in [0.05, 0.1) is 23.8 Å². The lowest BCUT2D eigenvalue weighted by molar-refractivity contribution is -0.0692. The molecule has 5 aliphatic rings. The van der Waals surface area contributed by atoms with Gasteiger partial charge in [0.25, 0.3) is 0 Å². The number of imidazole rings is 1. The Bertz CT molecular complexity index is 873. The normalized spacial score (nSPS) is 42.2.